The standard InChI is InChI=1S/C25H18BrNO5/c1-2-21(22(28)15-6-4-3-5-7-15)32-25(31)16-8-11-18(12-9-16)27-23(29)19-13-10-17(26)14-20(19)24(27)30/h3-14,21H,2H2,1H3/t21-/m1/s1. The average Bonchev–Trinajstić information content (AvgIpc) is 3.06. The van der Waals surface area contributed by atoms with Gasteiger partial charge in [-0.2, -0.15) is 0 Å². The van der Waals surface area contributed by atoms with Crippen LogP contribution in [0, 0.1) is 0 Å². The molecule has 0 bridgehead atoms. The molecular formula is C25H18BrNO5. The summed E-state index contributed by atoms with van der Waals surface area (Å²) in [5.41, 5.74) is 1.67. The Hall–Kier alpha value is -3.58. The molecule has 1 aliphatic rings. The minimum atomic E-state index is -0.903. The van der Waals surface area contributed by atoms with Gasteiger partial charge in [0.15, 0.2) is 6.10 Å². The Morgan fingerprint density at radius 1 is 0.875 bits per heavy atom. The Morgan fingerprint density at radius 2 is 1.53 bits per heavy atom. The quantitative estimate of drug-likeness (QED) is 0.273. The molecule has 2 amide bonds. The van der Waals surface area contributed by atoms with Crippen LogP contribution in [0.15, 0.2) is 77.3 Å². The first-order valence-electron chi connectivity index (χ1n) is 9.99. The van der Waals surface area contributed by atoms with Gasteiger partial charge in [0.05, 0.1) is 22.4 Å². The highest BCUT2D eigenvalue weighted by Crippen LogP contribution is 2.30. The largest absolute Gasteiger partial charge is 0.450 e. The number of rotatable bonds is 6. The molecule has 1 atom stereocenters. The summed E-state index contributed by atoms with van der Waals surface area (Å²) < 4.78 is 6.13. The first kappa shape index (κ1) is 21.6. The Morgan fingerprint density at radius 3 is 2.19 bits per heavy atom. The summed E-state index contributed by atoms with van der Waals surface area (Å²) in [7, 11) is 0. The van der Waals surface area contributed by atoms with Gasteiger partial charge in [-0.05, 0) is 48.9 Å². The maximum absolute atomic E-state index is 12.7. The van der Waals surface area contributed by atoms with E-state index < -0.39 is 23.9 Å². The Bertz CT molecular complexity index is 1220. The van der Waals surface area contributed by atoms with Gasteiger partial charge in [-0.25, -0.2) is 9.69 Å². The number of hydrogen-bond donors (Lipinski definition) is 0. The monoisotopic (exact) mass is 491 g/mol. The summed E-state index contributed by atoms with van der Waals surface area (Å²) in [6, 6.07) is 19.5. The predicted octanol–water partition coefficient (Wildman–Crippen LogP) is 5.07. The van der Waals surface area contributed by atoms with E-state index in [2.05, 4.69) is 15.9 Å². The van der Waals surface area contributed by atoms with Crippen molar-refractivity contribution in [3.05, 3.63) is 99.5 Å². The topological polar surface area (TPSA) is 80.8 Å². The van der Waals surface area contributed by atoms with Crippen LogP contribution in [0.4, 0.5) is 5.69 Å². The van der Waals surface area contributed by atoms with Crippen LogP contribution in [0.25, 0.3) is 0 Å². The predicted molar refractivity (Wildman–Crippen MR) is 122 cm³/mol. The van der Waals surface area contributed by atoms with Crippen molar-refractivity contribution in [2.75, 3.05) is 4.90 Å². The van der Waals surface area contributed by atoms with Crippen LogP contribution in [0.1, 0.15) is 54.8 Å². The van der Waals surface area contributed by atoms with Crippen LogP contribution in [0.5, 0.6) is 0 Å². The van der Waals surface area contributed by atoms with E-state index in [0.29, 0.717) is 33.3 Å². The molecule has 0 radical (unpaired) electrons. The Labute approximate surface area is 192 Å². The number of anilines is 1. The summed E-state index contributed by atoms with van der Waals surface area (Å²) >= 11 is 3.31. The first-order chi connectivity index (χ1) is 15.4. The van der Waals surface area contributed by atoms with Crippen molar-refractivity contribution >= 4 is 45.2 Å². The summed E-state index contributed by atoms with van der Waals surface area (Å²) in [6.45, 7) is 1.77. The normalized spacial score (nSPS) is 13.6. The Balaban J connectivity index is 1.50. The molecule has 3 aromatic carbocycles. The third-order valence-electron chi connectivity index (χ3n) is 5.18. The van der Waals surface area contributed by atoms with Crippen LogP contribution in [0.3, 0.4) is 0 Å². The molecule has 0 spiro atoms. The number of fused-ring (bicyclic) bond motifs is 1. The molecule has 0 unspecified atom stereocenters. The number of amides is 2. The second-order valence-electron chi connectivity index (χ2n) is 7.21. The molecule has 7 heteroatoms. The van der Waals surface area contributed by atoms with Crippen LogP contribution in [-0.4, -0.2) is 29.7 Å². The second-order valence-corrected chi connectivity index (χ2v) is 8.13. The van der Waals surface area contributed by atoms with E-state index in [1.807, 2.05) is 0 Å². The van der Waals surface area contributed by atoms with Gasteiger partial charge in [-0.15, -0.1) is 0 Å². The van der Waals surface area contributed by atoms with Crippen molar-refractivity contribution < 1.29 is 23.9 Å². The third kappa shape index (κ3) is 3.99. The molecule has 160 valence electrons. The lowest BCUT2D eigenvalue weighted by molar-refractivity contribution is 0.0277. The van der Waals surface area contributed by atoms with Gasteiger partial charge in [0.25, 0.3) is 11.8 Å². The van der Waals surface area contributed by atoms with Gasteiger partial charge in [-0.1, -0.05) is 53.2 Å². The lowest BCUT2D eigenvalue weighted by Gasteiger charge is -2.16. The molecule has 1 heterocycles. The number of benzene rings is 3. The number of carbonyl (C=O) groups excluding carboxylic acids is 4. The second kappa shape index (κ2) is 8.88. The molecule has 0 saturated carbocycles. The van der Waals surface area contributed by atoms with Crippen molar-refractivity contribution in [1.29, 1.82) is 0 Å². The van der Waals surface area contributed by atoms with Crippen molar-refractivity contribution in [2.45, 2.75) is 19.4 Å². The minimum Gasteiger partial charge on any atom is -0.450 e. The number of imide groups is 1. The van der Waals surface area contributed by atoms with Gasteiger partial charge in [-0.3, -0.25) is 14.4 Å². The number of hydrogen-bond acceptors (Lipinski definition) is 5. The maximum atomic E-state index is 12.7. The fourth-order valence-electron chi connectivity index (χ4n) is 3.50. The van der Waals surface area contributed by atoms with Crippen LogP contribution in [0.2, 0.25) is 0 Å². The number of halogens is 1. The molecule has 0 fully saturated rings. The summed E-state index contributed by atoms with van der Waals surface area (Å²) in [6.07, 6.45) is -0.568. The van der Waals surface area contributed by atoms with E-state index >= 15 is 0 Å². The van der Waals surface area contributed by atoms with E-state index in [0.717, 1.165) is 4.90 Å². The number of carbonyl (C=O) groups is 4. The average molecular weight is 492 g/mol. The molecule has 0 aromatic heterocycles. The number of nitrogens with zero attached hydrogens (tertiary/aromatic N) is 1. The van der Waals surface area contributed by atoms with Crippen molar-refractivity contribution in [2.24, 2.45) is 0 Å². The number of ether oxygens (including phenoxy) is 1. The smallest absolute Gasteiger partial charge is 0.338 e. The fraction of sp³-hybridized carbons (Fsp3) is 0.120. The van der Waals surface area contributed by atoms with E-state index in [-0.39, 0.29) is 11.3 Å². The molecule has 6 nitrogen and oxygen atoms in total. The molecule has 0 N–H and O–H groups in total. The van der Waals surface area contributed by atoms with E-state index in [1.54, 1.807) is 55.5 Å². The lowest BCUT2D eigenvalue weighted by Crippen LogP contribution is -2.29. The summed E-state index contributed by atoms with van der Waals surface area (Å²) in [5.74, 6) is -1.78. The molecule has 32 heavy (non-hydrogen) atoms. The molecule has 0 aliphatic carbocycles. The van der Waals surface area contributed by atoms with Gasteiger partial charge in [0.2, 0.25) is 5.78 Å². The zero-order chi connectivity index (χ0) is 22.8. The fourth-order valence-corrected chi connectivity index (χ4v) is 3.86. The summed E-state index contributed by atoms with van der Waals surface area (Å²) in [4.78, 5) is 51.7. The van der Waals surface area contributed by atoms with Crippen molar-refractivity contribution in [3.63, 3.8) is 0 Å². The number of esters is 1. The van der Waals surface area contributed by atoms with E-state index in [1.165, 1.54) is 24.3 Å². The maximum Gasteiger partial charge on any atom is 0.338 e. The lowest BCUT2D eigenvalue weighted by atomic mass is 10.0. The van der Waals surface area contributed by atoms with Crippen molar-refractivity contribution in [1.82, 2.24) is 0 Å². The van der Waals surface area contributed by atoms with Crippen molar-refractivity contribution in [3.8, 4) is 0 Å². The highest BCUT2D eigenvalue weighted by atomic mass is 79.9. The number of Topliss-reactive ketones (excluding diaryl/α,β-unsaturated/α-hetero) is 1. The zero-order valence-electron chi connectivity index (χ0n) is 17.1. The van der Waals surface area contributed by atoms with Gasteiger partial charge in [0, 0.05) is 10.0 Å². The Kier molecular flexibility index (Phi) is 6.01. The van der Waals surface area contributed by atoms with Crippen LogP contribution < -0.4 is 4.90 Å². The van der Waals surface area contributed by atoms with E-state index in [9.17, 15) is 19.2 Å². The molecule has 0 saturated heterocycles. The molecular weight excluding hydrogens is 474 g/mol. The minimum absolute atomic E-state index is 0.215. The van der Waals surface area contributed by atoms with Gasteiger partial charge in [0.1, 0.15) is 0 Å². The molecule has 1 aliphatic heterocycles. The van der Waals surface area contributed by atoms with Crippen LogP contribution >= 0.6 is 15.9 Å². The summed E-state index contributed by atoms with van der Waals surface area (Å²) in [5, 5.41) is 0. The van der Waals surface area contributed by atoms with Gasteiger partial charge >= 0.3 is 5.97 Å². The molecule has 4 rings (SSSR count). The van der Waals surface area contributed by atoms with E-state index in [4.69, 9.17) is 4.74 Å². The first-order valence-corrected chi connectivity index (χ1v) is 10.8. The highest BCUT2D eigenvalue weighted by Gasteiger charge is 2.36. The highest BCUT2D eigenvalue weighted by molar-refractivity contribution is 9.10. The molecule has 3 aromatic rings. The van der Waals surface area contributed by atoms with Gasteiger partial charge < -0.3 is 4.74 Å². The SMILES string of the molecule is CC[C@@H](OC(=O)c1ccc(N2C(=O)c3ccc(Br)cc3C2=O)cc1)C(=O)c1ccccc1. The zero-order valence-corrected chi connectivity index (χ0v) is 18.7. The van der Waals surface area contributed by atoms with Crippen LogP contribution in [-0.2, 0) is 4.74 Å². The third-order valence-corrected chi connectivity index (χ3v) is 5.67. The number of ketones is 1.